The minimum Gasteiger partial charge on any atom is -0.496 e. The molecule has 13 heteroatoms. The number of nitrogens with zero attached hydrogens (tertiary/aromatic N) is 3. The summed E-state index contributed by atoms with van der Waals surface area (Å²) in [5, 5.41) is 15.2. The molecular weight excluding hydrogens is 491 g/mol. The van der Waals surface area contributed by atoms with Gasteiger partial charge in [0, 0.05) is 31.4 Å². The number of piperidine rings is 1. The van der Waals surface area contributed by atoms with Crippen LogP contribution in [-0.2, 0) is 10.0 Å². The van der Waals surface area contributed by atoms with Crippen molar-refractivity contribution in [1.82, 2.24) is 19.6 Å². The molecule has 11 nitrogen and oxygen atoms in total. The van der Waals surface area contributed by atoms with Crippen LogP contribution in [-0.4, -0.2) is 84.8 Å². The minimum absolute atomic E-state index is 0.00339. The molecule has 0 aliphatic carbocycles. The fraction of sp³-hybridized carbons (Fsp3) is 0.522. The van der Waals surface area contributed by atoms with Crippen LogP contribution in [0, 0.1) is 5.82 Å². The molecule has 1 aliphatic rings. The normalized spacial score (nSPS) is 16.0. The number of methoxy groups -OCH3 is 1. The van der Waals surface area contributed by atoms with Crippen LogP contribution in [0.3, 0.4) is 0 Å². The lowest BCUT2D eigenvalue weighted by Crippen LogP contribution is -2.43. The van der Waals surface area contributed by atoms with Crippen LogP contribution in [0.4, 0.5) is 16.2 Å². The van der Waals surface area contributed by atoms with Crippen LogP contribution < -0.4 is 21.1 Å². The molecule has 2 aromatic rings. The van der Waals surface area contributed by atoms with E-state index in [1.807, 2.05) is 6.92 Å². The van der Waals surface area contributed by atoms with Crippen molar-refractivity contribution < 1.29 is 27.4 Å². The number of aliphatic hydroxyl groups is 1. The maximum absolute atomic E-state index is 13.7. The molecule has 1 aromatic carbocycles. The van der Waals surface area contributed by atoms with Crippen LogP contribution >= 0.6 is 0 Å². The van der Waals surface area contributed by atoms with E-state index < -0.39 is 21.6 Å². The molecule has 0 radical (unpaired) electrons. The maximum atomic E-state index is 13.7. The van der Waals surface area contributed by atoms with E-state index in [-0.39, 0.29) is 53.1 Å². The van der Waals surface area contributed by atoms with Gasteiger partial charge in [-0.15, -0.1) is 0 Å². The smallest absolute Gasteiger partial charge is 0.224 e. The highest BCUT2D eigenvalue weighted by Crippen LogP contribution is 2.25. The van der Waals surface area contributed by atoms with E-state index in [0.29, 0.717) is 38.9 Å². The zero-order valence-corrected chi connectivity index (χ0v) is 21.2. The number of carbonyl (C=O) groups excluding carboxylic acids is 1. The molecule has 1 aliphatic heterocycles. The Hall–Kier alpha value is -2.87. The molecular formula is C23H33FN6O5S. The van der Waals surface area contributed by atoms with Gasteiger partial charge < -0.3 is 26.2 Å². The van der Waals surface area contributed by atoms with E-state index in [0.717, 1.165) is 6.07 Å². The van der Waals surface area contributed by atoms with Crippen molar-refractivity contribution in [2.45, 2.75) is 38.3 Å². The van der Waals surface area contributed by atoms with Crippen molar-refractivity contribution >= 4 is 27.6 Å². The van der Waals surface area contributed by atoms with Crippen molar-refractivity contribution in [3.05, 3.63) is 41.3 Å². The predicted octanol–water partition coefficient (Wildman–Crippen LogP) is 1.00. The van der Waals surface area contributed by atoms with Gasteiger partial charge in [0.1, 0.15) is 17.4 Å². The fourth-order valence-electron chi connectivity index (χ4n) is 3.90. The van der Waals surface area contributed by atoms with Crippen LogP contribution in [0.2, 0.25) is 0 Å². The number of benzene rings is 1. The summed E-state index contributed by atoms with van der Waals surface area (Å²) in [6.45, 7) is 3.08. The molecule has 1 atom stereocenters. The summed E-state index contributed by atoms with van der Waals surface area (Å²) in [5.74, 6) is -0.732. The first-order valence-corrected chi connectivity index (χ1v) is 13.3. The summed E-state index contributed by atoms with van der Waals surface area (Å²) in [6, 6.07) is 3.49. The number of ether oxygens (including phenoxy) is 1. The summed E-state index contributed by atoms with van der Waals surface area (Å²) in [7, 11) is -1.98. The maximum Gasteiger partial charge on any atom is 0.224 e. The molecule has 3 rings (SSSR count). The second-order valence-corrected chi connectivity index (χ2v) is 10.8. The molecule has 5 N–H and O–H groups in total. The van der Waals surface area contributed by atoms with Crippen LogP contribution in [0.25, 0.3) is 0 Å². The Balaban J connectivity index is 1.55. The SMILES string of the molecule is COc1ccc(F)cc1C(=O)c1cnc(NC2CCN(S(=O)(=O)CCCN[C@H](C)CO)CC2)nc1N. The lowest BCUT2D eigenvalue weighted by Gasteiger charge is -2.31. The largest absolute Gasteiger partial charge is 0.496 e. The second kappa shape index (κ2) is 12.4. The molecule has 0 spiro atoms. The van der Waals surface area contributed by atoms with E-state index in [2.05, 4.69) is 20.6 Å². The Morgan fingerprint density at radius 2 is 2.06 bits per heavy atom. The molecule has 1 fully saturated rings. The molecule has 0 amide bonds. The quantitative estimate of drug-likeness (QED) is 0.233. The third-order valence-corrected chi connectivity index (χ3v) is 7.95. The van der Waals surface area contributed by atoms with Crippen LogP contribution in [0.5, 0.6) is 5.75 Å². The lowest BCUT2D eigenvalue weighted by atomic mass is 10.0. The number of hydrogen-bond donors (Lipinski definition) is 4. The summed E-state index contributed by atoms with van der Waals surface area (Å²) in [6.07, 6.45) is 2.86. The summed E-state index contributed by atoms with van der Waals surface area (Å²) in [4.78, 5) is 21.2. The first-order chi connectivity index (χ1) is 17.1. The van der Waals surface area contributed by atoms with Gasteiger partial charge in [0.05, 0.1) is 30.6 Å². The van der Waals surface area contributed by atoms with Gasteiger partial charge in [-0.3, -0.25) is 4.79 Å². The Morgan fingerprint density at radius 1 is 1.33 bits per heavy atom. The van der Waals surface area contributed by atoms with Gasteiger partial charge in [0.15, 0.2) is 0 Å². The molecule has 36 heavy (non-hydrogen) atoms. The van der Waals surface area contributed by atoms with Crippen LogP contribution in [0.15, 0.2) is 24.4 Å². The van der Waals surface area contributed by atoms with Gasteiger partial charge in [-0.05, 0) is 50.9 Å². The number of ketones is 1. The zero-order chi connectivity index (χ0) is 26.3. The first kappa shape index (κ1) is 27.7. The monoisotopic (exact) mass is 524 g/mol. The summed E-state index contributed by atoms with van der Waals surface area (Å²) < 4.78 is 45.5. The number of nitrogen functional groups attached to an aromatic ring is 1. The minimum atomic E-state index is -3.36. The predicted molar refractivity (Wildman–Crippen MR) is 134 cm³/mol. The first-order valence-electron chi connectivity index (χ1n) is 11.7. The number of aliphatic hydroxyl groups excluding tert-OH is 1. The lowest BCUT2D eigenvalue weighted by molar-refractivity contribution is 0.103. The number of hydrogen-bond acceptors (Lipinski definition) is 10. The van der Waals surface area contributed by atoms with Crippen molar-refractivity contribution in [1.29, 1.82) is 0 Å². The van der Waals surface area contributed by atoms with E-state index in [4.69, 9.17) is 15.6 Å². The number of rotatable bonds is 12. The Bertz CT molecular complexity index is 1160. The van der Waals surface area contributed by atoms with Gasteiger partial charge >= 0.3 is 0 Å². The molecule has 198 valence electrons. The number of nitrogens with one attached hydrogen (secondary N) is 2. The topological polar surface area (TPSA) is 160 Å². The van der Waals surface area contributed by atoms with E-state index in [9.17, 15) is 17.6 Å². The van der Waals surface area contributed by atoms with Gasteiger partial charge in [-0.1, -0.05) is 0 Å². The Morgan fingerprint density at radius 3 is 2.69 bits per heavy atom. The molecule has 0 unspecified atom stereocenters. The van der Waals surface area contributed by atoms with Crippen molar-refractivity contribution in [2.24, 2.45) is 0 Å². The molecule has 2 heterocycles. The van der Waals surface area contributed by atoms with Gasteiger partial charge in [-0.2, -0.15) is 4.98 Å². The standard InChI is InChI=1S/C23H33FN6O5S/c1-15(14-31)26-8-3-11-36(33,34)30-9-6-17(7-10-30)28-23-27-13-19(22(25)29-23)21(32)18-12-16(24)4-5-20(18)35-2/h4-5,12-13,15,17,26,31H,3,6-11,14H2,1-2H3,(H3,25,27,28,29)/t15-/m1/s1. The number of anilines is 2. The molecule has 1 aromatic heterocycles. The Labute approximate surface area is 210 Å². The third kappa shape index (κ3) is 7.09. The number of nitrogens with two attached hydrogens (primary N) is 1. The van der Waals surface area contributed by atoms with Crippen molar-refractivity contribution in [3.63, 3.8) is 0 Å². The number of halogens is 1. The number of carbonyl (C=O) groups is 1. The average Bonchev–Trinajstić information content (AvgIpc) is 2.86. The van der Waals surface area contributed by atoms with Gasteiger partial charge in [0.2, 0.25) is 21.8 Å². The fourth-order valence-corrected chi connectivity index (χ4v) is 5.43. The average molecular weight is 525 g/mol. The molecule has 1 saturated heterocycles. The van der Waals surface area contributed by atoms with Gasteiger partial charge in [0.25, 0.3) is 0 Å². The highest BCUT2D eigenvalue weighted by Gasteiger charge is 2.28. The summed E-state index contributed by atoms with van der Waals surface area (Å²) in [5.41, 5.74) is 6.04. The second-order valence-electron chi connectivity index (χ2n) is 8.69. The van der Waals surface area contributed by atoms with Crippen molar-refractivity contribution in [3.8, 4) is 5.75 Å². The van der Waals surface area contributed by atoms with Gasteiger partial charge in [-0.25, -0.2) is 22.1 Å². The van der Waals surface area contributed by atoms with Crippen LogP contribution in [0.1, 0.15) is 42.1 Å². The van der Waals surface area contributed by atoms with E-state index in [1.165, 1.54) is 29.7 Å². The molecule has 0 bridgehead atoms. The van der Waals surface area contributed by atoms with E-state index >= 15 is 0 Å². The number of aromatic nitrogens is 2. The summed E-state index contributed by atoms with van der Waals surface area (Å²) >= 11 is 0. The third-order valence-electron chi connectivity index (χ3n) is 6.00. The zero-order valence-electron chi connectivity index (χ0n) is 20.4. The van der Waals surface area contributed by atoms with Crippen molar-refractivity contribution in [2.75, 3.05) is 50.2 Å². The number of sulfonamides is 1. The highest BCUT2D eigenvalue weighted by atomic mass is 32.2. The molecule has 0 saturated carbocycles. The van der Waals surface area contributed by atoms with E-state index in [1.54, 1.807) is 0 Å². The highest BCUT2D eigenvalue weighted by molar-refractivity contribution is 7.89. The Kier molecular flexibility index (Phi) is 9.54.